The number of amides is 1. The normalized spacial score (nSPS) is 19.7. The molecule has 1 heterocycles. The highest BCUT2D eigenvalue weighted by Crippen LogP contribution is 2.48. The van der Waals surface area contributed by atoms with Crippen molar-refractivity contribution in [2.45, 2.75) is 39.7 Å². The fourth-order valence-electron chi connectivity index (χ4n) is 4.57. The number of nitrogens with one attached hydrogen (secondary N) is 1. The summed E-state index contributed by atoms with van der Waals surface area (Å²) in [6.45, 7) is 5.67. The van der Waals surface area contributed by atoms with E-state index < -0.39 is 12.0 Å². The van der Waals surface area contributed by atoms with Crippen LogP contribution in [0.1, 0.15) is 55.6 Å². The van der Waals surface area contributed by atoms with Gasteiger partial charge in [0.15, 0.2) is 5.78 Å². The highest BCUT2D eigenvalue weighted by molar-refractivity contribution is 6.06. The number of esters is 1. The van der Waals surface area contributed by atoms with Crippen molar-refractivity contribution < 1.29 is 19.1 Å². The molecule has 0 aromatic heterocycles. The van der Waals surface area contributed by atoms with Crippen molar-refractivity contribution in [1.29, 1.82) is 0 Å². The van der Waals surface area contributed by atoms with Crippen LogP contribution in [0.25, 0.3) is 0 Å². The Kier molecular flexibility index (Phi) is 5.17. The molecule has 1 aliphatic carbocycles. The lowest BCUT2D eigenvalue weighted by molar-refractivity contribution is -0.118. The van der Waals surface area contributed by atoms with Crippen molar-refractivity contribution >= 4 is 29.0 Å². The zero-order valence-corrected chi connectivity index (χ0v) is 18.2. The van der Waals surface area contributed by atoms with Gasteiger partial charge in [-0.25, -0.2) is 4.79 Å². The van der Waals surface area contributed by atoms with E-state index in [0.29, 0.717) is 24.0 Å². The Morgan fingerprint density at radius 3 is 2.39 bits per heavy atom. The predicted molar refractivity (Wildman–Crippen MR) is 119 cm³/mol. The number of carbonyl (C=O) groups excluding carboxylic acids is 3. The monoisotopic (exact) mass is 418 g/mol. The Morgan fingerprint density at radius 1 is 1.06 bits per heavy atom. The van der Waals surface area contributed by atoms with E-state index in [1.54, 1.807) is 29.2 Å². The summed E-state index contributed by atoms with van der Waals surface area (Å²) in [5.41, 5.74) is 3.97. The molecule has 0 radical (unpaired) electrons. The van der Waals surface area contributed by atoms with Crippen molar-refractivity contribution in [1.82, 2.24) is 0 Å². The van der Waals surface area contributed by atoms with E-state index in [-0.39, 0.29) is 17.1 Å². The maximum Gasteiger partial charge on any atom is 0.337 e. The Labute approximate surface area is 181 Å². The summed E-state index contributed by atoms with van der Waals surface area (Å²) < 4.78 is 4.80. The van der Waals surface area contributed by atoms with Crippen LogP contribution in [0, 0.1) is 5.41 Å². The van der Waals surface area contributed by atoms with E-state index >= 15 is 0 Å². The first-order chi connectivity index (χ1) is 14.7. The molecule has 6 heteroatoms. The number of methoxy groups -OCH3 is 1. The van der Waals surface area contributed by atoms with E-state index in [1.807, 2.05) is 24.3 Å². The lowest BCUT2D eigenvalue weighted by Gasteiger charge is -2.36. The van der Waals surface area contributed by atoms with E-state index in [0.717, 1.165) is 22.6 Å². The van der Waals surface area contributed by atoms with Gasteiger partial charge in [0.25, 0.3) is 0 Å². The molecule has 6 nitrogen and oxygen atoms in total. The van der Waals surface area contributed by atoms with Crippen LogP contribution in [-0.2, 0) is 14.3 Å². The highest BCUT2D eigenvalue weighted by atomic mass is 16.5. The average molecular weight is 418 g/mol. The molecule has 0 saturated heterocycles. The molecular weight excluding hydrogens is 392 g/mol. The van der Waals surface area contributed by atoms with E-state index in [2.05, 4.69) is 19.2 Å². The SMILES string of the molecule is COC(=O)c1ccc(C2C3=C(CC(C)(C)CC3=O)Nc3ccccc3N2C(C)=O)cc1. The van der Waals surface area contributed by atoms with E-state index in [9.17, 15) is 14.4 Å². The smallest absolute Gasteiger partial charge is 0.337 e. The van der Waals surface area contributed by atoms with Gasteiger partial charge in [0.1, 0.15) is 0 Å². The Morgan fingerprint density at radius 2 is 1.74 bits per heavy atom. The third-order valence-electron chi connectivity index (χ3n) is 5.89. The van der Waals surface area contributed by atoms with Gasteiger partial charge in [-0.15, -0.1) is 0 Å². The van der Waals surface area contributed by atoms with Gasteiger partial charge in [0.05, 0.1) is 30.1 Å². The number of para-hydroxylation sites is 2. The van der Waals surface area contributed by atoms with Crippen LogP contribution in [-0.4, -0.2) is 24.8 Å². The summed E-state index contributed by atoms with van der Waals surface area (Å²) in [7, 11) is 1.33. The number of carbonyl (C=O) groups is 3. The quantitative estimate of drug-likeness (QED) is 0.720. The molecule has 1 amide bonds. The number of anilines is 2. The second-order valence-corrected chi connectivity index (χ2v) is 8.88. The first kappa shape index (κ1) is 20.8. The molecule has 1 atom stereocenters. The van der Waals surface area contributed by atoms with E-state index in [4.69, 9.17) is 4.74 Å². The zero-order valence-electron chi connectivity index (χ0n) is 18.2. The number of nitrogens with zero attached hydrogens (tertiary/aromatic N) is 1. The van der Waals surface area contributed by atoms with Gasteiger partial charge in [0, 0.05) is 24.6 Å². The summed E-state index contributed by atoms with van der Waals surface area (Å²) in [6, 6.07) is 13.9. The van der Waals surface area contributed by atoms with Gasteiger partial charge in [-0.3, -0.25) is 14.5 Å². The fraction of sp³-hybridized carbons (Fsp3) is 0.320. The van der Waals surface area contributed by atoms with Gasteiger partial charge >= 0.3 is 5.97 Å². The predicted octanol–water partition coefficient (Wildman–Crippen LogP) is 4.64. The molecule has 0 saturated carbocycles. The van der Waals surface area contributed by atoms with E-state index in [1.165, 1.54) is 14.0 Å². The largest absolute Gasteiger partial charge is 0.465 e. The van der Waals surface area contributed by atoms with Crippen molar-refractivity contribution in [2.24, 2.45) is 5.41 Å². The molecule has 2 aromatic rings. The average Bonchev–Trinajstić information content (AvgIpc) is 2.86. The van der Waals surface area contributed by atoms with Crippen LogP contribution >= 0.6 is 0 Å². The summed E-state index contributed by atoms with van der Waals surface area (Å²) in [6.07, 6.45) is 1.11. The van der Waals surface area contributed by atoms with Crippen LogP contribution in [0.5, 0.6) is 0 Å². The first-order valence-corrected chi connectivity index (χ1v) is 10.3. The third kappa shape index (κ3) is 3.74. The Balaban J connectivity index is 1.94. The van der Waals surface area contributed by atoms with Gasteiger partial charge in [-0.1, -0.05) is 38.1 Å². The molecule has 2 aromatic carbocycles. The number of Topliss-reactive ketones (excluding diaryl/α,β-unsaturated/α-hetero) is 1. The minimum absolute atomic E-state index is 0.0276. The molecule has 0 bridgehead atoms. The van der Waals surface area contributed by atoms with Crippen LogP contribution in [0.4, 0.5) is 11.4 Å². The number of ether oxygens (including phenoxy) is 1. The lowest BCUT2D eigenvalue weighted by atomic mass is 9.73. The molecule has 0 spiro atoms. The van der Waals surface area contributed by atoms with Crippen molar-refractivity contribution in [3.05, 3.63) is 70.9 Å². The Bertz CT molecular complexity index is 1100. The number of benzene rings is 2. The first-order valence-electron chi connectivity index (χ1n) is 10.3. The summed E-state index contributed by atoms with van der Waals surface area (Å²) >= 11 is 0. The molecule has 1 unspecified atom stereocenters. The summed E-state index contributed by atoms with van der Waals surface area (Å²) in [4.78, 5) is 39.9. The summed E-state index contributed by atoms with van der Waals surface area (Å²) in [5, 5.41) is 3.46. The topological polar surface area (TPSA) is 75.7 Å². The van der Waals surface area contributed by atoms with Gasteiger partial charge < -0.3 is 10.1 Å². The Hall–Kier alpha value is -3.41. The van der Waals surface area contributed by atoms with Gasteiger partial charge in [0.2, 0.25) is 5.91 Å². The number of hydrogen-bond donors (Lipinski definition) is 1. The lowest BCUT2D eigenvalue weighted by Crippen LogP contribution is -2.38. The van der Waals surface area contributed by atoms with Crippen LogP contribution in [0.3, 0.4) is 0 Å². The second kappa shape index (κ2) is 7.69. The third-order valence-corrected chi connectivity index (χ3v) is 5.89. The number of allylic oxidation sites excluding steroid dienone is 1. The van der Waals surface area contributed by atoms with Crippen molar-refractivity contribution in [2.75, 3.05) is 17.3 Å². The van der Waals surface area contributed by atoms with Gasteiger partial charge in [-0.05, 0) is 41.7 Å². The standard InChI is InChI=1S/C25H26N2O4/c1-15(28)27-20-8-6-5-7-18(20)26-19-13-25(2,3)14-21(29)22(19)23(27)16-9-11-17(12-10-16)24(30)31-4/h5-12,23,26H,13-14H2,1-4H3. The number of hydrogen-bond acceptors (Lipinski definition) is 5. The molecule has 1 aliphatic heterocycles. The molecule has 1 N–H and O–H groups in total. The number of ketones is 1. The fourth-order valence-corrected chi connectivity index (χ4v) is 4.57. The van der Waals surface area contributed by atoms with Crippen LogP contribution in [0.2, 0.25) is 0 Å². The van der Waals surface area contributed by atoms with Crippen molar-refractivity contribution in [3.8, 4) is 0 Å². The van der Waals surface area contributed by atoms with Crippen LogP contribution < -0.4 is 10.2 Å². The zero-order chi connectivity index (χ0) is 22.3. The van der Waals surface area contributed by atoms with Gasteiger partial charge in [-0.2, -0.15) is 0 Å². The highest BCUT2D eigenvalue weighted by Gasteiger charge is 2.42. The molecule has 2 aliphatic rings. The maximum absolute atomic E-state index is 13.4. The molecule has 31 heavy (non-hydrogen) atoms. The minimum Gasteiger partial charge on any atom is -0.465 e. The number of fused-ring (bicyclic) bond motifs is 1. The second-order valence-electron chi connectivity index (χ2n) is 8.88. The van der Waals surface area contributed by atoms with Crippen LogP contribution in [0.15, 0.2) is 59.8 Å². The summed E-state index contributed by atoms with van der Waals surface area (Å²) in [5.74, 6) is -0.569. The molecule has 4 rings (SSSR count). The minimum atomic E-state index is -0.584. The molecular formula is C25H26N2O4. The molecule has 0 fully saturated rings. The molecule has 160 valence electrons. The maximum atomic E-state index is 13.4. The number of rotatable bonds is 2. The van der Waals surface area contributed by atoms with Crippen molar-refractivity contribution in [3.63, 3.8) is 0 Å².